The van der Waals surface area contributed by atoms with Gasteiger partial charge in [0.25, 0.3) is 0 Å². The summed E-state index contributed by atoms with van der Waals surface area (Å²) in [5, 5.41) is 35.8. The van der Waals surface area contributed by atoms with E-state index in [0.29, 0.717) is 28.4 Å². The van der Waals surface area contributed by atoms with Crippen LogP contribution in [0.4, 0.5) is 0 Å². The second kappa shape index (κ2) is 21.9. The van der Waals surface area contributed by atoms with Gasteiger partial charge in [-0.15, -0.1) is 0 Å². The number of carbonyl (C=O) groups is 1. The topological polar surface area (TPSA) is 154 Å². The van der Waals surface area contributed by atoms with Crippen molar-refractivity contribution >= 4 is 39.6 Å². The molecule has 2 aliphatic heterocycles. The standard InChI is InChI=1S/C55H80N4O6/c1-13-39-34(7)41-29-46-48(38(11)60)36(9)43(57-46)27-42-35(8)40(52(58-42)50-51(55(63)64-12)54(62)49-37(10)44(59-53(49)50)28-45(39)56-41)23-24-47(61)65-26-25-33(6)22-16-21-32(5)20-15-19-31(4)18-14-17-30(2)3/h25,27-32,34-35,39-40,51,55,57,59-60,62-63H,13-24,26H2,1-12H3/b33-25+,42-27?,45-28?,46-29?,48-38?/t31-,32-,34-,35+,39-,40+,51-,55?/m1/s1. The minimum Gasteiger partial charge on any atom is -0.512 e. The average Bonchev–Trinajstić information content (AvgIpc) is 4.00. The number of esters is 1. The molecule has 8 bridgehead atoms. The summed E-state index contributed by atoms with van der Waals surface area (Å²) < 4.78 is 11.3. The Balaban J connectivity index is 1.25. The number of carbonyl (C=O) groups excluding carboxylic acids is 1. The minimum atomic E-state index is -1.34. The Bertz CT molecular complexity index is 2490. The predicted octanol–water partition coefficient (Wildman–Crippen LogP) is 12.2. The Kier molecular flexibility index (Phi) is 16.9. The molecule has 0 spiro atoms. The van der Waals surface area contributed by atoms with Crippen molar-refractivity contribution < 1.29 is 29.6 Å². The number of aromatic nitrogens is 4. The Morgan fingerprint density at radius 1 is 0.815 bits per heavy atom. The zero-order valence-electron chi connectivity index (χ0n) is 41.7. The molecule has 10 heteroatoms. The monoisotopic (exact) mass is 893 g/mol. The molecule has 1 unspecified atom stereocenters. The van der Waals surface area contributed by atoms with Crippen molar-refractivity contribution in [3.05, 3.63) is 79.8 Å². The van der Waals surface area contributed by atoms with Crippen molar-refractivity contribution in [1.29, 1.82) is 0 Å². The van der Waals surface area contributed by atoms with Crippen molar-refractivity contribution in [2.24, 2.45) is 17.8 Å². The van der Waals surface area contributed by atoms with E-state index in [1.54, 1.807) is 6.92 Å². The van der Waals surface area contributed by atoms with Crippen molar-refractivity contribution in [3.8, 4) is 0 Å². The number of methoxy groups -OCH3 is 1. The van der Waals surface area contributed by atoms with Gasteiger partial charge in [-0.25, -0.2) is 0 Å². The second-order valence-corrected chi connectivity index (χ2v) is 20.5. The highest BCUT2D eigenvalue weighted by Crippen LogP contribution is 2.47. The number of aryl methyl sites for hydroxylation is 2. The lowest BCUT2D eigenvalue weighted by Crippen LogP contribution is -2.23. The van der Waals surface area contributed by atoms with E-state index >= 15 is 0 Å². The van der Waals surface area contributed by atoms with Crippen molar-refractivity contribution in [2.45, 2.75) is 189 Å². The van der Waals surface area contributed by atoms with Crippen LogP contribution in [0.3, 0.4) is 0 Å². The zero-order valence-corrected chi connectivity index (χ0v) is 41.7. The molecule has 356 valence electrons. The third-order valence-corrected chi connectivity index (χ3v) is 15.1. The molecule has 0 amide bonds. The maximum atomic E-state index is 13.5. The predicted molar refractivity (Wildman–Crippen MR) is 265 cm³/mol. The van der Waals surface area contributed by atoms with Gasteiger partial charge in [0.05, 0.1) is 28.4 Å². The highest BCUT2D eigenvalue weighted by molar-refractivity contribution is 5.82. The van der Waals surface area contributed by atoms with Crippen molar-refractivity contribution in [2.75, 3.05) is 13.7 Å². The van der Waals surface area contributed by atoms with Gasteiger partial charge in [0.1, 0.15) is 12.4 Å². The van der Waals surface area contributed by atoms with Gasteiger partial charge >= 0.3 is 5.97 Å². The van der Waals surface area contributed by atoms with Crippen LogP contribution in [0.1, 0.15) is 208 Å². The highest BCUT2D eigenvalue weighted by Gasteiger charge is 2.41. The first kappa shape index (κ1) is 50.0. The van der Waals surface area contributed by atoms with Crippen LogP contribution in [0.25, 0.3) is 33.6 Å². The van der Waals surface area contributed by atoms with Crippen LogP contribution >= 0.6 is 0 Å². The molecule has 10 nitrogen and oxygen atoms in total. The molecular weight excluding hydrogens is 813 g/mol. The molecule has 0 fully saturated rings. The first-order valence-electron chi connectivity index (χ1n) is 24.8. The molecule has 3 aromatic heterocycles. The van der Waals surface area contributed by atoms with Crippen molar-refractivity contribution in [3.63, 3.8) is 0 Å². The van der Waals surface area contributed by atoms with E-state index < -0.39 is 12.2 Å². The van der Waals surface area contributed by atoms with Crippen molar-refractivity contribution in [1.82, 2.24) is 19.9 Å². The van der Waals surface area contributed by atoms with E-state index in [-0.39, 0.29) is 54.2 Å². The lowest BCUT2D eigenvalue weighted by Gasteiger charge is -2.23. The van der Waals surface area contributed by atoms with Crippen LogP contribution in [0.2, 0.25) is 0 Å². The first-order chi connectivity index (χ1) is 30.9. The molecule has 0 saturated carbocycles. The van der Waals surface area contributed by atoms with Crippen LogP contribution < -0.4 is 10.4 Å². The maximum Gasteiger partial charge on any atom is 0.306 e. The summed E-state index contributed by atoms with van der Waals surface area (Å²) in [6.07, 6.45) is 13.5. The van der Waals surface area contributed by atoms with E-state index in [4.69, 9.17) is 19.4 Å². The Morgan fingerprint density at radius 2 is 1.42 bits per heavy atom. The number of rotatable bonds is 20. The highest BCUT2D eigenvalue weighted by atomic mass is 16.6. The van der Waals surface area contributed by atoms with Crippen LogP contribution in [-0.4, -0.2) is 61.2 Å². The molecule has 6 rings (SSSR count). The van der Waals surface area contributed by atoms with E-state index in [1.165, 1.54) is 57.6 Å². The SMILES string of the molecule is CC[C@H]1c2cc3[nH]c4c(c5nc(cc6[nH]c(cc(n2)[C@@H]1C)c(=C(C)O)c6C)[C@@H](C)[C@@H]5CCC(=O)OC/C=C(\C)CCC[C@H](C)CCC[C@H](C)CCCC(C)C)[C@@H](C(O)OC)C(O)=c4c3C. The van der Waals surface area contributed by atoms with Gasteiger partial charge in [-0.1, -0.05) is 99.0 Å². The average molecular weight is 893 g/mol. The third-order valence-electron chi connectivity index (χ3n) is 15.1. The second-order valence-electron chi connectivity index (χ2n) is 20.5. The van der Waals surface area contributed by atoms with Crippen LogP contribution in [-0.2, 0) is 14.3 Å². The molecular formula is C55H80N4O6. The molecule has 3 aliphatic rings. The summed E-state index contributed by atoms with van der Waals surface area (Å²) in [6, 6.07) is 6.18. The zero-order chi connectivity index (χ0) is 47.3. The largest absolute Gasteiger partial charge is 0.512 e. The van der Waals surface area contributed by atoms with Gasteiger partial charge < -0.3 is 34.8 Å². The molecule has 3 aromatic rings. The summed E-state index contributed by atoms with van der Waals surface area (Å²) in [5.41, 5.74) is 10.1. The number of aliphatic hydroxyl groups is 3. The van der Waals surface area contributed by atoms with Gasteiger partial charge in [0.15, 0.2) is 6.29 Å². The number of hydrogen-bond acceptors (Lipinski definition) is 8. The summed E-state index contributed by atoms with van der Waals surface area (Å²) >= 11 is 0. The van der Waals surface area contributed by atoms with Crippen LogP contribution in [0.5, 0.6) is 0 Å². The number of nitrogens with one attached hydrogen (secondary N) is 2. The fourth-order valence-electron chi connectivity index (χ4n) is 10.9. The molecule has 0 saturated heterocycles. The quantitative estimate of drug-likeness (QED) is 0.0427. The summed E-state index contributed by atoms with van der Waals surface area (Å²) in [5.74, 6) is 1.31. The fraction of sp³-hybridized carbons (Fsp3) is 0.618. The number of allylic oxidation sites excluding steroid dienone is 1. The van der Waals surface area contributed by atoms with E-state index in [9.17, 15) is 20.1 Å². The fourth-order valence-corrected chi connectivity index (χ4v) is 10.9. The Labute approximate surface area is 388 Å². The number of nitrogens with zero attached hydrogens (tertiary/aromatic N) is 2. The number of ether oxygens (including phenoxy) is 2. The molecule has 5 heterocycles. The summed E-state index contributed by atoms with van der Waals surface area (Å²) in [7, 11) is 1.43. The number of fused-ring (bicyclic) bond motifs is 8. The molecule has 65 heavy (non-hydrogen) atoms. The molecule has 5 N–H and O–H groups in total. The van der Waals surface area contributed by atoms with Gasteiger partial charge in [-0.2, -0.15) is 0 Å². The molecule has 1 aliphatic carbocycles. The summed E-state index contributed by atoms with van der Waals surface area (Å²) in [6.45, 7) is 23.9. The normalized spacial score (nSPS) is 21.5. The summed E-state index contributed by atoms with van der Waals surface area (Å²) in [4.78, 5) is 31.2. The number of H-pyrrole nitrogens is 2. The van der Waals surface area contributed by atoms with E-state index in [0.717, 1.165) is 87.0 Å². The van der Waals surface area contributed by atoms with E-state index in [1.807, 2.05) is 26.0 Å². The van der Waals surface area contributed by atoms with Gasteiger partial charge in [-0.05, 0) is 107 Å². The lowest BCUT2D eigenvalue weighted by atomic mass is 9.83. The molecule has 0 aromatic carbocycles. The van der Waals surface area contributed by atoms with Gasteiger partial charge in [0, 0.05) is 81.3 Å². The van der Waals surface area contributed by atoms with E-state index in [2.05, 4.69) is 77.5 Å². The molecule has 8 atom stereocenters. The van der Waals surface area contributed by atoms with Gasteiger partial charge in [-0.3, -0.25) is 14.8 Å². The maximum absolute atomic E-state index is 13.5. The van der Waals surface area contributed by atoms with Crippen LogP contribution in [0, 0.1) is 31.6 Å². The number of hydrogen-bond donors (Lipinski definition) is 5. The lowest BCUT2D eigenvalue weighted by molar-refractivity contribution is -0.142. The minimum absolute atomic E-state index is 0.0248. The Hall–Kier alpha value is -4.41. The number of aromatic amines is 2. The van der Waals surface area contributed by atoms with Crippen LogP contribution in [0.15, 0.2) is 29.8 Å². The third kappa shape index (κ3) is 11.2. The smallest absolute Gasteiger partial charge is 0.306 e. The van der Waals surface area contributed by atoms with Gasteiger partial charge in [0.2, 0.25) is 0 Å². The molecule has 0 radical (unpaired) electrons. The first-order valence-corrected chi connectivity index (χ1v) is 24.8. The number of aliphatic hydroxyl groups excluding tert-OH is 3. The Morgan fingerprint density at radius 3 is 2.06 bits per heavy atom.